The summed E-state index contributed by atoms with van der Waals surface area (Å²) in [4.78, 5) is 0. The molecule has 1 nitrogen and oxygen atoms in total. The van der Waals surface area contributed by atoms with Crippen LogP contribution in [0.1, 0.15) is 0 Å². The van der Waals surface area contributed by atoms with Crippen LogP contribution >= 0.6 is 0 Å². The Bertz CT molecular complexity index is 72.9. The van der Waals surface area contributed by atoms with Gasteiger partial charge in [0.25, 0.3) is 6.08 Å². The lowest BCUT2D eigenvalue weighted by Crippen LogP contribution is -1.56. The van der Waals surface area contributed by atoms with Gasteiger partial charge < -0.3 is 5.41 Å². The van der Waals surface area contributed by atoms with Gasteiger partial charge in [0.2, 0.25) is 0 Å². The highest BCUT2D eigenvalue weighted by Gasteiger charge is 1.77. The van der Waals surface area contributed by atoms with Crippen LogP contribution in [0.25, 0.3) is 0 Å². The van der Waals surface area contributed by atoms with E-state index in [9.17, 15) is 8.78 Å². The number of hydrogen-bond donors (Lipinski definition) is 1. The fraction of sp³-hybridized carbons (Fsp3) is 0. The van der Waals surface area contributed by atoms with Crippen molar-refractivity contribution in [2.24, 2.45) is 0 Å². The molecular formula is C3H3F2N. The molecule has 0 aliphatic heterocycles. The lowest BCUT2D eigenvalue weighted by atomic mass is 10.7. The van der Waals surface area contributed by atoms with Gasteiger partial charge in [-0.15, -0.1) is 0 Å². The van der Waals surface area contributed by atoms with Crippen LogP contribution in [0.2, 0.25) is 0 Å². The summed E-state index contributed by atoms with van der Waals surface area (Å²) < 4.78 is 21.5. The molecule has 0 bridgehead atoms. The molecule has 6 heavy (non-hydrogen) atoms. The molecule has 3 heteroatoms. The molecule has 1 N–H and O–H groups in total. The van der Waals surface area contributed by atoms with E-state index in [1.54, 1.807) is 0 Å². The minimum atomic E-state index is -1.83. The third-order valence-electron chi connectivity index (χ3n) is 0.209. The Morgan fingerprint density at radius 2 is 2.00 bits per heavy atom. The Kier molecular flexibility index (Phi) is 2.20. The van der Waals surface area contributed by atoms with E-state index in [1.165, 1.54) is 0 Å². The van der Waals surface area contributed by atoms with E-state index in [4.69, 9.17) is 5.41 Å². The van der Waals surface area contributed by atoms with Crippen molar-refractivity contribution in [3.8, 4) is 0 Å². The smallest absolute Gasteiger partial charge is 0.271 e. The van der Waals surface area contributed by atoms with Crippen molar-refractivity contribution < 1.29 is 8.78 Å². The van der Waals surface area contributed by atoms with Crippen LogP contribution < -0.4 is 0 Å². The molecular weight excluding hydrogens is 88.0 g/mol. The molecule has 0 rings (SSSR count). The monoisotopic (exact) mass is 91.0 g/mol. The first kappa shape index (κ1) is 5.27. The number of halogens is 2. The topological polar surface area (TPSA) is 23.9 Å². The van der Waals surface area contributed by atoms with Gasteiger partial charge in [-0.1, -0.05) is 0 Å². The fourth-order valence-electron chi connectivity index (χ4n) is 0.0630. The molecule has 0 radical (unpaired) electrons. The molecule has 0 spiro atoms. The van der Waals surface area contributed by atoms with Crippen LogP contribution in [0.3, 0.4) is 0 Å². The molecule has 0 saturated heterocycles. The zero-order valence-corrected chi connectivity index (χ0v) is 2.91. The van der Waals surface area contributed by atoms with Gasteiger partial charge in [-0.2, -0.15) is 8.78 Å². The molecule has 0 aromatic heterocycles. The number of nitrogens with one attached hydrogen (secondary N) is 1. The highest BCUT2D eigenvalue weighted by Crippen LogP contribution is 1.91. The minimum absolute atomic E-state index is 0.417. The molecule has 0 saturated carbocycles. The predicted octanol–water partition coefficient (Wildman–Crippen LogP) is 1.42. The van der Waals surface area contributed by atoms with E-state index in [0.717, 1.165) is 0 Å². The Morgan fingerprint density at radius 1 is 1.50 bits per heavy atom. The van der Waals surface area contributed by atoms with Crippen LogP contribution in [-0.4, -0.2) is 6.21 Å². The maximum atomic E-state index is 10.7. The molecule has 0 atom stereocenters. The van der Waals surface area contributed by atoms with Crippen molar-refractivity contribution in [3.05, 3.63) is 12.2 Å². The Hall–Kier alpha value is -0.730. The molecule has 0 heterocycles. The summed E-state index contributed by atoms with van der Waals surface area (Å²) in [5.41, 5.74) is 0. The van der Waals surface area contributed by atoms with E-state index in [0.29, 0.717) is 12.3 Å². The van der Waals surface area contributed by atoms with Gasteiger partial charge in [0.05, 0.1) is 0 Å². The standard InChI is InChI=1S/C3H3F2N/c4-3(5)1-2-6/h1-2,6H. The van der Waals surface area contributed by atoms with Gasteiger partial charge in [-0.3, -0.25) is 0 Å². The van der Waals surface area contributed by atoms with Crippen LogP contribution in [0, 0.1) is 5.41 Å². The summed E-state index contributed by atoms with van der Waals surface area (Å²) in [5.74, 6) is 0. The van der Waals surface area contributed by atoms with E-state index in [-0.39, 0.29) is 0 Å². The van der Waals surface area contributed by atoms with Gasteiger partial charge in [-0.05, 0) is 0 Å². The summed E-state index contributed by atoms with van der Waals surface area (Å²) in [7, 11) is 0. The highest BCUT2D eigenvalue weighted by molar-refractivity contribution is 5.67. The van der Waals surface area contributed by atoms with Gasteiger partial charge in [-0.25, -0.2) is 0 Å². The average molecular weight is 91.1 g/mol. The largest absolute Gasteiger partial charge is 0.309 e. The van der Waals surface area contributed by atoms with Gasteiger partial charge in [0, 0.05) is 12.3 Å². The first-order valence-electron chi connectivity index (χ1n) is 1.29. The fourth-order valence-corrected chi connectivity index (χ4v) is 0.0630. The van der Waals surface area contributed by atoms with Gasteiger partial charge in [0.15, 0.2) is 0 Å². The molecule has 0 aliphatic rings. The van der Waals surface area contributed by atoms with E-state index < -0.39 is 6.08 Å². The highest BCUT2D eigenvalue weighted by atomic mass is 19.3. The van der Waals surface area contributed by atoms with Crippen molar-refractivity contribution in [2.45, 2.75) is 0 Å². The lowest BCUT2D eigenvalue weighted by molar-refractivity contribution is 0.423. The quantitative estimate of drug-likeness (QED) is 0.472. The molecule has 0 aliphatic carbocycles. The van der Waals surface area contributed by atoms with Crippen molar-refractivity contribution in [3.63, 3.8) is 0 Å². The minimum Gasteiger partial charge on any atom is -0.309 e. The van der Waals surface area contributed by atoms with Crippen molar-refractivity contribution in [2.75, 3.05) is 0 Å². The Morgan fingerprint density at radius 3 is 2.00 bits per heavy atom. The third-order valence-corrected chi connectivity index (χ3v) is 0.209. The summed E-state index contributed by atoms with van der Waals surface area (Å²) in [6.45, 7) is 0. The molecule has 0 aromatic carbocycles. The van der Waals surface area contributed by atoms with Crippen LogP contribution in [0.4, 0.5) is 8.78 Å². The first-order valence-corrected chi connectivity index (χ1v) is 1.29. The number of hydrogen-bond acceptors (Lipinski definition) is 1. The molecule has 0 fully saturated rings. The molecule has 0 unspecified atom stereocenters. The van der Waals surface area contributed by atoms with E-state index >= 15 is 0 Å². The van der Waals surface area contributed by atoms with Gasteiger partial charge >= 0.3 is 0 Å². The van der Waals surface area contributed by atoms with Crippen LogP contribution in [0.15, 0.2) is 12.2 Å². The molecule has 0 aromatic rings. The Labute approximate surface area is 33.8 Å². The molecule has 34 valence electrons. The van der Waals surface area contributed by atoms with E-state index in [2.05, 4.69) is 0 Å². The van der Waals surface area contributed by atoms with Crippen molar-refractivity contribution in [1.29, 1.82) is 5.41 Å². The maximum absolute atomic E-state index is 10.7. The summed E-state index contributed by atoms with van der Waals surface area (Å²) >= 11 is 0. The second-order valence-electron chi connectivity index (χ2n) is 0.623. The third kappa shape index (κ3) is 3.27. The summed E-state index contributed by atoms with van der Waals surface area (Å²) in [6.07, 6.45) is -0.875. The number of allylic oxidation sites excluding steroid dienone is 1. The SMILES string of the molecule is N=CC=C(F)F. The number of rotatable bonds is 1. The maximum Gasteiger partial charge on any atom is 0.271 e. The van der Waals surface area contributed by atoms with Crippen LogP contribution in [-0.2, 0) is 0 Å². The summed E-state index contributed by atoms with van der Waals surface area (Å²) in [5, 5.41) is 6.05. The lowest BCUT2D eigenvalue weighted by Gasteiger charge is -1.64. The first-order chi connectivity index (χ1) is 2.77. The summed E-state index contributed by atoms with van der Waals surface area (Å²) in [6, 6.07) is 0. The average Bonchev–Trinajstić information content (AvgIpc) is 1.35. The zero-order valence-electron chi connectivity index (χ0n) is 2.91. The predicted molar refractivity (Wildman–Crippen MR) is 19.1 cm³/mol. The zero-order chi connectivity index (χ0) is 4.99. The molecule has 0 amide bonds. The van der Waals surface area contributed by atoms with Crippen LogP contribution in [0.5, 0.6) is 0 Å². The Balaban J connectivity index is 3.41. The van der Waals surface area contributed by atoms with Gasteiger partial charge in [0.1, 0.15) is 0 Å². The second-order valence-corrected chi connectivity index (χ2v) is 0.623. The van der Waals surface area contributed by atoms with Crippen molar-refractivity contribution >= 4 is 6.21 Å². The second kappa shape index (κ2) is 2.50. The van der Waals surface area contributed by atoms with E-state index in [1.807, 2.05) is 0 Å². The normalized spacial score (nSPS) is 7.00. The van der Waals surface area contributed by atoms with Crippen molar-refractivity contribution in [1.82, 2.24) is 0 Å².